The lowest BCUT2D eigenvalue weighted by molar-refractivity contribution is -0.384. The highest BCUT2D eigenvalue weighted by Gasteiger charge is 2.07. The largest absolute Gasteiger partial charge is 0.378 e. The van der Waals surface area contributed by atoms with Crippen LogP contribution in [0.4, 0.5) is 17.2 Å². The minimum absolute atomic E-state index is 0.100. The van der Waals surface area contributed by atoms with Crippen molar-refractivity contribution >= 4 is 17.2 Å². The molecule has 0 aliphatic carbocycles. The summed E-state index contributed by atoms with van der Waals surface area (Å²) in [6.07, 6.45) is 1.73. The quantitative estimate of drug-likeness (QED) is 0.669. The molecule has 20 heavy (non-hydrogen) atoms. The summed E-state index contributed by atoms with van der Waals surface area (Å²) in [6.45, 7) is 0.508. The van der Waals surface area contributed by atoms with E-state index in [-0.39, 0.29) is 5.69 Å². The molecule has 1 heterocycles. The van der Waals surface area contributed by atoms with Gasteiger partial charge in [0.15, 0.2) is 5.82 Å². The summed E-state index contributed by atoms with van der Waals surface area (Å²) in [5.41, 5.74) is 1.85. The first-order valence-electron chi connectivity index (χ1n) is 6.17. The third-order valence-corrected chi connectivity index (χ3v) is 2.81. The second-order valence-corrected chi connectivity index (χ2v) is 4.55. The summed E-state index contributed by atoms with van der Waals surface area (Å²) in [5.74, 6) is 0.831. The molecule has 0 spiro atoms. The van der Waals surface area contributed by atoms with Gasteiger partial charge in [-0.15, -0.1) is 0 Å². The molecule has 0 aliphatic heterocycles. The molecule has 104 valence electrons. The number of hydrogen-bond acceptors (Lipinski definition) is 5. The van der Waals surface area contributed by atoms with E-state index in [1.807, 2.05) is 37.2 Å². The maximum Gasteiger partial charge on any atom is 0.269 e. The summed E-state index contributed by atoms with van der Waals surface area (Å²) in [7, 11) is 3.84. The molecule has 1 aromatic heterocycles. The summed E-state index contributed by atoms with van der Waals surface area (Å²) < 4.78 is 0. The first-order valence-corrected chi connectivity index (χ1v) is 6.17. The number of nitro groups is 1. The minimum Gasteiger partial charge on any atom is -0.378 e. The van der Waals surface area contributed by atoms with Gasteiger partial charge in [0.1, 0.15) is 0 Å². The summed E-state index contributed by atoms with van der Waals surface area (Å²) >= 11 is 0. The zero-order valence-electron chi connectivity index (χ0n) is 11.4. The molecule has 0 saturated carbocycles. The van der Waals surface area contributed by atoms with Crippen LogP contribution < -0.4 is 10.2 Å². The number of non-ortho nitro benzene ring substituents is 1. The number of anilines is 2. The number of aromatic nitrogens is 1. The van der Waals surface area contributed by atoms with Crippen LogP contribution in [0.3, 0.4) is 0 Å². The fourth-order valence-electron chi connectivity index (χ4n) is 1.87. The molecule has 1 aromatic carbocycles. The fourth-order valence-corrected chi connectivity index (χ4v) is 1.87. The lowest BCUT2D eigenvalue weighted by Gasteiger charge is -2.16. The average Bonchev–Trinajstić information content (AvgIpc) is 2.45. The number of nitrogens with one attached hydrogen (secondary N) is 1. The average molecular weight is 272 g/mol. The molecular weight excluding hydrogens is 256 g/mol. The molecule has 2 aromatic rings. The van der Waals surface area contributed by atoms with Crippen LogP contribution in [0.2, 0.25) is 0 Å². The van der Waals surface area contributed by atoms with E-state index in [0.29, 0.717) is 6.54 Å². The number of benzene rings is 1. The van der Waals surface area contributed by atoms with Gasteiger partial charge in [-0.1, -0.05) is 12.1 Å². The van der Waals surface area contributed by atoms with E-state index in [1.165, 1.54) is 6.07 Å². The van der Waals surface area contributed by atoms with Crippen LogP contribution in [0.15, 0.2) is 42.6 Å². The highest BCUT2D eigenvalue weighted by atomic mass is 16.6. The molecule has 0 bridgehead atoms. The van der Waals surface area contributed by atoms with Crippen LogP contribution in [0.5, 0.6) is 0 Å². The lowest BCUT2D eigenvalue weighted by atomic mass is 10.2. The third-order valence-electron chi connectivity index (χ3n) is 2.81. The van der Waals surface area contributed by atoms with Gasteiger partial charge < -0.3 is 10.2 Å². The molecule has 2 rings (SSSR count). The van der Waals surface area contributed by atoms with E-state index in [1.54, 1.807) is 18.3 Å². The van der Waals surface area contributed by atoms with Gasteiger partial charge in [0.2, 0.25) is 0 Å². The first kappa shape index (κ1) is 13.8. The molecule has 0 fully saturated rings. The first-order chi connectivity index (χ1) is 9.58. The topological polar surface area (TPSA) is 71.3 Å². The third kappa shape index (κ3) is 3.23. The highest BCUT2D eigenvalue weighted by molar-refractivity contribution is 5.64. The van der Waals surface area contributed by atoms with Crippen LogP contribution >= 0.6 is 0 Å². The van der Waals surface area contributed by atoms with Crippen molar-refractivity contribution < 1.29 is 4.92 Å². The number of rotatable bonds is 5. The summed E-state index contributed by atoms with van der Waals surface area (Å²) in [5, 5.41) is 14.0. The second-order valence-electron chi connectivity index (χ2n) is 4.55. The maximum atomic E-state index is 10.7. The highest BCUT2D eigenvalue weighted by Crippen LogP contribution is 2.21. The number of nitrogens with zero attached hydrogens (tertiary/aromatic N) is 3. The van der Waals surface area contributed by atoms with Gasteiger partial charge in [-0.05, 0) is 17.7 Å². The number of hydrogen-bond donors (Lipinski definition) is 1. The molecular formula is C14H16N4O2. The van der Waals surface area contributed by atoms with Crippen molar-refractivity contribution in [3.05, 3.63) is 58.3 Å². The maximum absolute atomic E-state index is 10.7. The standard InChI is InChI=1S/C14H16N4O2/c1-17(2)14-13(7-4-8-15-14)16-10-11-5-3-6-12(9-11)18(19)20/h3-9,16H,10H2,1-2H3. The number of nitro benzene ring substituents is 1. The van der Waals surface area contributed by atoms with E-state index in [9.17, 15) is 10.1 Å². The van der Waals surface area contributed by atoms with Crippen molar-refractivity contribution in [3.8, 4) is 0 Å². The van der Waals surface area contributed by atoms with Crippen LogP contribution in [-0.2, 0) is 6.54 Å². The van der Waals surface area contributed by atoms with E-state index < -0.39 is 4.92 Å². The van der Waals surface area contributed by atoms with E-state index in [4.69, 9.17) is 0 Å². The van der Waals surface area contributed by atoms with E-state index in [2.05, 4.69) is 10.3 Å². The normalized spacial score (nSPS) is 10.1. The zero-order valence-corrected chi connectivity index (χ0v) is 11.4. The van der Waals surface area contributed by atoms with Crippen molar-refractivity contribution in [2.24, 2.45) is 0 Å². The van der Waals surface area contributed by atoms with E-state index >= 15 is 0 Å². The Balaban J connectivity index is 2.13. The van der Waals surface area contributed by atoms with Gasteiger partial charge in [-0.25, -0.2) is 4.98 Å². The van der Waals surface area contributed by atoms with Gasteiger partial charge in [-0.3, -0.25) is 10.1 Å². The SMILES string of the molecule is CN(C)c1ncccc1NCc1cccc([N+](=O)[O-])c1. The Morgan fingerprint density at radius 3 is 2.80 bits per heavy atom. The fraction of sp³-hybridized carbons (Fsp3) is 0.214. The van der Waals surface area contributed by atoms with Crippen molar-refractivity contribution in [1.29, 1.82) is 0 Å². The van der Waals surface area contributed by atoms with Crippen molar-refractivity contribution in [3.63, 3.8) is 0 Å². The molecule has 0 aliphatic rings. The van der Waals surface area contributed by atoms with Crippen LogP contribution in [0.25, 0.3) is 0 Å². The molecule has 0 amide bonds. The van der Waals surface area contributed by atoms with Gasteiger partial charge in [0.25, 0.3) is 5.69 Å². The van der Waals surface area contributed by atoms with Gasteiger partial charge in [-0.2, -0.15) is 0 Å². The number of pyridine rings is 1. The Labute approximate surface area is 117 Å². The minimum atomic E-state index is -0.390. The molecule has 0 radical (unpaired) electrons. The van der Waals surface area contributed by atoms with Crippen LogP contribution in [0.1, 0.15) is 5.56 Å². The van der Waals surface area contributed by atoms with Crippen molar-refractivity contribution in [2.75, 3.05) is 24.3 Å². The molecule has 6 nitrogen and oxygen atoms in total. The van der Waals surface area contributed by atoms with Gasteiger partial charge >= 0.3 is 0 Å². The Hall–Kier alpha value is -2.63. The van der Waals surface area contributed by atoms with Crippen LogP contribution in [0, 0.1) is 10.1 Å². The Kier molecular flexibility index (Phi) is 4.14. The molecule has 0 atom stereocenters. The smallest absolute Gasteiger partial charge is 0.269 e. The molecule has 1 N–H and O–H groups in total. The van der Waals surface area contributed by atoms with Crippen molar-refractivity contribution in [2.45, 2.75) is 6.54 Å². The lowest BCUT2D eigenvalue weighted by Crippen LogP contribution is -2.13. The summed E-state index contributed by atoms with van der Waals surface area (Å²) in [4.78, 5) is 16.6. The Bertz CT molecular complexity index is 614. The Morgan fingerprint density at radius 2 is 2.10 bits per heavy atom. The molecule has 6 heteroatoms. The molecule has 0 unspecified atom stereocenters. The Morgan fingerprint density at radius 1 is 1.30 bits per heavy atom. The predicted molar refractivity (Wildman–Crippen MR) is 79.0 cm³/mol. The second kappa shape index (κ2) is 6.01. The predicted octanol–water partition coefficient (Wildman–Crippen LogP) is 2.67. The zero-order chi connectivity index (χ0) is 14.5. The van der Waals surface area contributed by atoms with Gasteiger partial charge in [0, 0.05) is 39.0 Å². The molecule has 0 saturated heterocycles. The van der Waals surface area contributed by atoms with E-state index in [0.717, 1.165) is 17.1 Å². The van der Waals surface area contributed by atoms with Gasteiger partial charge in [0.05, 0.1) is 10.6 Å². The van der Waals surface area contributed by atoms with Crippen LogP contribution in [-0.4, -0.2) is 24.0 Å². The monoisotopic (exact) mass is 272 g/mol. The summed E-state index contributed by atoms with van der Waals surface area (Å²) in [6, 6.07) is 10.4. The van der Waals surface area contributed by atoms with Crippen molar-refractivity contribution in [1.82, 2.24) is 4.98 Å².